The number of rotatable bonds is 2. The molecule has 0 aliphatic heterocycles. The van der Waals surface area contributed by atoms with Gasteiger partial charge in [0.25, 0.3) is 0 Å². The van der Waals surface area contributed by atoms with E-state index in [0.717, 1.165) is 11.3 Å². The minimum Gasteiger partial charge on any atom is -0.465 e. The van der Waals surface area contributed by atoms with Gasteiger partial charge in [-0.3, -0.25) is 0 Å². The quantitative estimate of drug-likeness (QED) is 0.225. The van der Waals surface area contributed by atoms with Gasteiger partial charge in [-0.1, -0.05) is 0 Å². The lowest BCUT2D eigenvalue weighted by molar-refractivity contribution is -0.132. The Bertz CT molecular complexity index is 121. The molecule has 0 aromatic heterocycles. The van der Waals surface area contributed by atoms with Crippen molar-refractivity contribution in [3.05, 3.63) is 0 Å². The fourth-order valence-electron chi connectivity index (χ4n) is 0.191. The Morgan fingerprint density at radius 2 is 2.44 bits per heavy atom. The molecule has 0 aromatic carbocycles. The van der Waals surface area contributed by atoms with Crippen molar-refractivity contribution in [2.45, 2.75) is 0 Å². The molecule has 0 heterocycles. The molecule has 5 heteroatoms. The Morgan fingerprint density at radius 3 is 2.78 bits per heavy atom. The van der Waals surface area contributed by atoms with Crippen molar-refractivity contribution in [2.24, 2.45) is 10.9 Å². The second-order valence-electron chi connectivity index (χ2n) is 1.34. The maximum Gasteiger partial charge on any atom is 0.350 e. The van der Waals surface area contributed by atoms with Gasteiger partial charge < -0.3 is 4.74 Å². The van der Waals surface area contributed by atoms with Gasteiger partial charge >= 0.3 is 5.97 Å². The van der Waals surface area contributed by atoms with Gasteiger partial charge in [0.15, 0.2) is 0 Å². The third-order valence-electron chi connectivity index (χ3n) is 0.546. The molecule has 0 bridgehead atoms. The topological polar surface area (TPSA) is 67.9 Å². The first-order chi connectivity index (χ1) is 4.16. The van der Waals surface area contributed by atoms with E-state index in [1.54, 1.807) is 0 Å². The highest BCUT2D eigenvalue weighted by atomic mass is 16.5. The predicted octanol–water partition coefficient (Wildman–Crippen LogP) is -1.05. The molecule has 5 nitrogen and oxygen atoms in total. The molecular weight excluding hydrogens is 122 g/mol. The van der Waals surface area contributed by atoms with E-state index in [1.807, 2.05) is 0 Å². The highest BCUT2D eigenvalue weighted by molar-refractivity contribution is 6.22. The molecule has 0 amide bonds. The Labute approximate surface area is 53.0 Å². The van der Waals surface area contributed by atoms with E-state index in [2.05, 4.69) is 9.84 Å². The van der Waals surface area contributed by atoms with E-state index in [-0.39, 0.29) is 0 Å². The molecule has 0 radical (unpaired) electrons. The number of nitrogens with two attached hydrogens (primary N) is 1. The summed E-state index contributed by atoms with van der Waals surface area (Å²) in [6, 6.07) is 0. The van der Waals surface area contributed by atoms with E-state index >= 15 is 0 Å². The molecule has 0 saturated heterocycles. The van der Waals surface area contributed by atoms with Crippen LogP contribution in [0.15, 0.2) is 5.10 Å². The number of hydrazine groups is 1. The van der Waals surface area contributed by atoms with Crippen LogP contribution in [0.4, 0.5) is 0 Å². The zero-order valence-corrected chi connectivity index (χ0v) is 5.37. The van der Waals surface area contributed by atoms with E-state index in [0.29, 0.717) is 0 Å². The van der Waals surface area contributed by atoms with Gasteiger partial charge in [0.05, 0.1) is 7.11 Å². The van der Waals surface area contributed by atoms with Crippen LogP contribution in [0.3, 0.4) is 0 Å². The van der Waals surface area contributed by atoms with Crippen LogP contribution in [0.2, 0.25) is 0 Å². The largest absolute Gasteiger partial charge is 0.465 e. The summed E-state index contributed by atoms with van der Waals surface area (Å²) in [6.45, 7) is 0. The second-order valence-corrected chi connectivity index (χ2v) is 1.34. The Balaban J connectivity index is 3.57. The lowest BCUT2D eigenvalue weighted by Gasteiger charge is -1.99. The van der Waals surface area contributed by atoms with Gasteiger partial charge in [-0.05, 0) is 0 Å². The zero-order valence-electron chi connectivity index (χ0n) is 5.37. The minimum absolute atomic E-state index is 0.521. The second kappa shape index (κ2) is 3.85. The van der Waals surface area contributed by atoms with Crippen LogP contribution in [-0.4, -0.2) is 31.5 Å². The van der Waals surface area contributed by atoms with E-state index in [9.17, 15) is 4.79 Å². The van der Waals surface area contributed by atoms with E-state index in [1.165, 1.54) is 14.2 Å². The lowest BCUT2D eigenvalue weighted by atomic mass is 10.8. The molecule has 0 aliphatic carbocycles. The van der Waals surface area contributed by atoms with Crippen molar-refractivity contribution in [1.29, 1.82) is 0 Å². The van der Waals surface area contributed by atoms with E-state index < -0.39 is 5.97 Å². The van der Waals surface area contributed by atoms with Crippen LogP contribution < -0.4 is 5.84 Å². The number of hydrogen-bond donors (Lipinski definition) is 1. The highest BCUT2D eigenvalue weighted by Gasteiger charge is 1.90. The molecule has 9 heavy (non-hydrogen) atoms. The Hall–Kier alpha value is -1.10. The van der Waals surface area contributed by atoms with Gasteiger partial charge in [0, 0.05) is 7.05 Å². The van der Waals surface area contributed by atoms with Gasteiger partial charge in [-0.15, -0.1) is 0 Å². The van der Waals surface area contributed by atoms with E-state index in [4.69, 9.17) is 5.84 Å². The summed E-state index contributed by atoms with van der Waals surface area (Å²) in [5.41, 5.74) is 0. The fraction of sp³-hybridized carbons (Fsp3) is 0.500. The Morgan fingerprint density at radius 1 is 1.89 bits per heavy atom. The highest BCUT2D eigenvalue weighted by Crippen LogP contribution is 1.69. The van der Waals surface area contributed by atoms with Crippen LogP contribution in [-0.2, 0) is 9.53 Å². The van der Waals surface area contributed by atoms with Crippen LogP contribution in [0.5, 0.6) is 0 Å². The number of methoxy groups -OCH3 is 1. The molecule has 0 unspecified atom stereocenters. The van der Waals surface area contributed by atoms with Crippen molar-refractivity contribution in [2.75, 3.05) is 14.2 Å². The molecule has 0 atom stereocenters. The lowest BCUT2D eigenvalue weighted by Crippen LogP contribution is -2.20. The molecular formula is C4H9N3O2. The number of carbonyl (C=O) groups excluding carboxylic acids is 1. The van der Waals surface area contributed by atoms with Crippen LogP contribution in [0.25, 0.3) is 0 Å². The third kappa shape index (κ3) is 4.76. The molecule has 52 valence electrons. The molecule has 0 aromatic rings. The summed E-state index contributed by atoms with van der Waals surface area (Å²) in [7, 11) is 2.77. The van der Waals surface area contributed by atoms with Crippen LogP contribution in [0.1, 0.15) is 0 Å². The molecule has 0 fully saturated rings. The number of esters is 1. The first kappa shape index (κ1) is 7.90. The number of nitrogens with zero attached hydrogens (tertiary/aromatic N) is 2. The molecule has 0 spiro atoms. The van der Waals surface area contributed by atoms with Crippen LogP contribution >= 0.6 is 0 Å². The molecule has 0 saturated carbocycles. The molecule has 2 N–H and O–H groups in total. The average Bonchev–Trinajstić information content (AvgIpc) is 1.83. The maximum atomic E-state index is 10.3. The summed E-state index contributed by atoms with van der Waals surface area (Å²) in [5.74, 6) is 4.50. The third-order valence-corrected chi connectivity index (χ3v) is 0.546. The summed E-state index contributed by atoms with van der Waals surface area (Å²) >= 11 is 0. The fourth-order valence-corrected chi connectivity index (χ4v) is 0.191. The van der Waals surface area contributed by atoms with Gasteiger partial charge in [-0.25, -0.2) is 15.8 Å². The van der Waals surface area contributed by atoms with Crippen LogP contribution in [0, 0.1) is 0 Å². The Kier molecular flexibility index (Phi) is 3.38. The minimum atomic E-state index is -0.521. The number of hydrogen-bond acceptors (Lipinski definition) is 5. The average molecular weight is 131 g/mol. The van der Waals surface area contributed by atoms with Gasteiger partial charge in [0.2, 0.25) is 0 Å². The maximum absolute atomic E-state index is 10.3. The number of hydrazone groups is 1. The summed E-state index contributed by atoms with van der Waals surface area (Å²) in [4.78, 5) is 10.3. The molecule has 0 rings (SSSR count). The summed E-state index contributed by atoms with van der Waals surface area (Å²) in [5, 5.41) is 4.42. The number of carbonyl (C=O) groups is 1. The van der Waals surface area contributed by atoms with Gasteiger partial charge in [0.1, 0.15) is 6.21 Å². The zero-order chi connectivity index (χ0) is 7.28. The van der Waals surface area contributed by atoms with Crippen molar-refractivity contribution in [3.8, 4) is 0 Å². The summed E-state index contributed by atoms with van der Waals surface area (Å²) in [6.07, 6.45) is 0.986. The van der Waals surface area contributed by atoms with Gasteiger partial charge in [-0.2, -0.15) is 5.10 Å². The first-order valence-electron chi connectivity index (χ1n) is 2.27. The SMILES string of the molecule is COC(=O)C=NN(C)N. The smallest absolute Gasteiger partial charge is 0.350 e. The van der Waals surface area contributed by atoms with Crippen molar-refractivity contribution < 1.29 is 9.53 Å². The van der Waals surface area contributed by atoms with Crippen molar-refractivity contribution in [3.63, 3.8) is 0 Å². The van der Waals surface area contributed by atoms with Crippen molar-refractivity contribution in [1.82, 2.24) is 5.12 Å². The predicted molar refractivity (Wildman–Crippen MR) is 32.5 cm³/mol. The molecule has 0 aliphatic rings. The number of ether oxygens (including phenoxy) is 1. The standard InChI is InChI=1S/C4H9N3O2/c1-7(5)6-3-4(8)9-2/h3H,5H2,1-2H3. The summed E-state index contributed by atoms with van der Waals surface area (Å²) < 4.78 is 4.23. The monoisotopic (exact) mass is 131 g/mol. The normalized spacial score (nSPS) is 9.67. The first-order valence-corrected chi connectivity index (χ1v) is 2.27. The van der Waals surface area contributed by atoms with Crippen molar-refractivity contribution >= 4 is 12.2 Å².